The van der Waals surface area contributed by atoms with Crippen molar-refractivity contribution in [3.05, 3.63) is 16.6 Å². The van der Waals surface area contributed by atoms with E-state index in [1.165, 1.54) is 11.3 Å². The molecule has 0 aliphatic rings. The molecule has 84 valence electrons. The number of nitrogens with zero attached hydrogens (tertiary/aromatic N) is 1. The molecule has 0 aliphatic carbocycles. The molecule has 3 N–H and O–H groups in total. The van der Waals surface area contributed by atoms with Gasteiger partial charge in [-0.1, -0.05) is 6.92 Å². The molecule has 4 nitrogen and oxygen atoms in total. The number of amides is 1. The molecule has 0 aliphatic heterocycles. The number of aromatic nitrogens is 1. The fourth-order valence-corrected chi connectivity index (χ4v) is 1.68. The van der Waals surface area contributed by atoms with Crippen molar-refractivity contribution in [1.29, 1.82) is 0 Å². The Balaban J connectivity index is 2.60. The van der Waals surface area contributed by atoms with Gasteiger partial charge >= 0.3 is 0 Å². The monoisotopic (exact) mass is 227 g/mol. The minimum Gasteiger partial charge on any atom is -0.346 e. The molecule has 0 spiro atoms. The molecular formula is C10H17N3OS. The van der Waals surface area contributed by atoms with Crippen LogP contribution in [0.3, 0.4) is 0 Å². The second-order valence-electron chi connectivity index (χ2n) is 3.84. The molecule has 0 bridgehead atoms. The van der Waals surface area contributed by atoms with Gasteiger partial charge in [0.05, 0.1) is 11.6 Å². The Morgan fingerprint density at radius 2 is 2.47 bits per heavy atom. The zero-order valence-corrected chi connectivity index (χ0v) is 10.1. The Labute approximate surface area is 93.9 Å². The zero-order valence-electron chi connectivity index (χ0n) is 9.28. The van der Waals surface area contributed by atoms with E-state index in [9.17, 15) is 4.79 Å². The van der Waals surface area contributed by atoms with Crippen molar-refractivity contribution in [1.82, 2.24) is 10.3 Å². The van der Waals surface area contributed by atoms with Crippen LogP contribution in [0.2, 0.25) is 0 Å². The normalized spacial score (nSPS) is 16.8. The summed E-state index contributed by atoms with van der Waals surface area (Å²) in [5.74, 6) is -0.132. The van der Waals surface area contributed by atoms with Crippen LogP contribution in [0, 0.1) is 0 Å². The summed E-state index contributed by atoms with van der Waals surface area (Å²) in [6.07, 6.45) is 2.34. The van der Waals surface area contributed by atoms with Crippen LogP contribution in [-0.2, 0) is 4.79 Å². The molecule has 2 atom stereocenters. The van der Waals surface area contributed by atoms with Gasteiger partial charge in [-0.15, -0.1) is 11.3 Å². The highest BCUT2D eigenvalue weighted by molar-refractivity contribution is 7.09. The molecule has 0 saturated heterocycles. The van der Waals surface area contributed by atoms with Gasteiger partial charge in [-0.05, 0) is 20.3 Å². The van der Waals surface area contributed by atoms with Gasteiger partial charge in [0.15, 0.2) is 0 Å². The van der Waals surface area contributed by atoms with Crippen LogP contribution >= 0.6 is 11.3 Å². The number of nitrogens with two attached hydrogens (primary N) is 1. The lowest BCUT2D eigenvalue weighted by Crippen LogP contribution is -2.51. The number of carbonyl (C=O) groups excluding carboxylic acids is 1. The van der Waals surface area contributed by atoms with Gasteiger partial charge < -0.3 is 11.1 Å². The average Bonchev–Trinajstić information content (AvgIpc) is 2.70. The van der Waals surface area contributed by atoms with E-state index >= 15 is 0 Å². The summed E-state index contributed by atoms with van der Waals surface area (Å²) in [5.41, 5.74) is 5.03. The molecule has 0 fully saturated rings. The number of rotatable bonds is 4. The lowest BCUT2D eigenvalue weighted by molar-refractivity contribution is -0.126. The van der Waals surface area contributed by atoms with Crippen molar-refractivity contribution in [3.8, 4) is 0 Å². The Morgan fingerprint density at radius 1 is 1.80 bits per heavy atom. The van der Waals surface area contributed by atoms with Crippen LogP contribution in [0.5, 0.6) is 0 Å². The number of carbonyl (C=O) groups is 1. The molecule has 0 radical (unpaired) electrons. The maximum Gasteiger partial charge on any atom is 0.240 e. The van der Waals surface area contributed by atoms with Gasteiger partial charge in [0, 0.05) is 11.6 Å². The van der Waals surface area contributed by atoms with E-state index in [1.54, 1.807) is 13.1 Å². The molecule has 2 unspecified atom stereocenters. The van der Waals surface area contributed by atoms with E-state index in [2.05, 4.69) is 10.3 Å². The van der Waals surface area contributed by atoms with Crippen molar-refractivity contribution >= 4 is 17.2 Å². The molecule has 1 aromatic rings. The first-order chi connectivity index (χ1) is 6.97. The summed E-state index contributed by atoms with van der Waals surface area (Å²) in [5, 5.41) is 5.64. The van der Waals surface area contributed by atoms with E-state index in [-0.39, 0.29) is 11.9 Å². The highest BCUT2D eigenvalue weighted by atomic mass is 32.1. The lowest BCUT2D eigenvalue weighted by atomic mass is 9.99. The molecule has 0 aromatic carbocycles. The fraction of sp³-hybridized carbons (Fsp3) is 0.600. The predicted molar refractivity (Wildman–Crippen MR) is 61.6 cm³/mol. The third-order valence-corrected chi connectivity index (χ3v) is 3.38. The Hall–Kier alpha value is -0.940. The fourth-order valence-electron chi connectivity index (χ4n) is 1.03. The molecule has 5 heteroatoms. The molecule has 1 rings (SSSR count). The van der Waals surface area contributed by atoms with Gasteiger partial charge in [-0.3, -0.25) is 4.79 Å². The average molecular weight is 227 g/mol. The standard InChI is InChI=1S/C10H17N3OS/c1-4-10(3,11)9(14)13-7(2)8-12-5-6-15-8/h5-7H,4,11H2,1-3H3,(H,13,14). The molecule has 15 heavy (non-hydrogen) atoms. The molecule has 1 amide bonds. The Morgan fingerprint density at radius 3 is 2.93 bits per heavy atom. The SMILES string of the molecule is CCC(C)(N)C(=O)NC(C)c1nccs1. The van der Waals surface area contributed by atoms with Gasteiger partial charge in [-0.2, -0.15) is 0 Å². The van der Waals surface area contributed by atoms with Gasteiger partial charge in [-0.25, -0.2) is 4.98 Å². The van der Waals surface area contributed by atoms with Crippen LogP contribution < -0.4 is 11.1 Å². The van der Waals surface area contributed by atoms with E-state index in [0.29, 0.717) is 6.42 Å². The topological polar surface area (TPSA) is 68.0 Å². The van der Waals surface area contributed by atoms with Crippen LogP contribution in [0.1, 0.15) is 38.2 Å². The summed E-state index contributed by atoms with van der Waals surface area (Å²) in [6.45, 7) is 5.53. The first-order valence-electron chi connectivity index (χ1n) is 4.96. The molecule has 1 heterocycles. The number of hydrogen-bond acceptors (Lipinski definition) is 4. The predicted octanol–water partition coefficient (Wildman–Crippen LogP) is 1.45. The minimum atomic E-state index is -0.800. The summed E-state index contributed by atoms with van der Waals surface area (Å²) < 4.78 is 0. The van der Waals surface area contributed by atoms with Crippen LogP contribution in [0.25, 0.3) is 0 Å². The minimum absolute atomic E-state index is 0.0769. The molecule has 1 aromatic heterocycles. The van der Waals surface area contributed by atoms with Gasteiger partial charge in [0.2, 0.25) is 5.91 Å². The molecular weight excluding hydrogens is 210 g/mol. The van der Waals surface area contributed by atoms with Crippen molar-refractivity contribution < 1.29 is 4.79 Å². The third-order valence-electron chi connectivity index (χ3n) is 2.42. The first kappa shape index (κ1) is 12.1. The van der Waals surface area contributed by atoms with Crippen LogP contribution in [0.15, 0.2) is 11.6 Å². The maximum absolute atomic E-state index is 11.7. The quantitative estimate of drug-likeness (QED) is 0.818. The van der Waals surface area contributed by atoms with Crippen molar-refractivity contribution in [2.45, 2.75) is 38.8 Å². The van der Waals surface area contributed by atoms with Crippen molar-refractivity contribution in [2.24, 2.45) is 5.73 Å². The highest BCUT2D eigenvalue weighted by Gasteiger charge is 2.27. The van der Waals surface area contributed by atoms with E-state index in [0.717, 1.165) is 5.01 Å². The summed E-state index contributed by atoms with van der Waals surface area (Å²) in [6, 6.07) is -0.0769. The van der Waals surface area contributed by atoms with E-state index < -0.39 is 5.54 Å². The van der Waals surface area contributed by atoms with Crippen LogP contribution in [0.4, 0.5) is 0 Å². The number of hydrogen-bond donors (Lipinski definition) is 2. The largest absolute Gasteiger partial charge is 0.346 e. The van der Waals surface area contributed by atoms with Gasteiger partial charge in [0.25, 0.3) is 0 Å². The van der Waals surface area contributed by atoms with Crippen molar-refractivity contribution in [3.63, 3.8) is 0 Å². The number of nitrogens with one attached hydrogen (secondary N) is 1. The Kier molecular flexibility index (Phi) is 3.82. The van der Waals surface area contributed by atoms with E-state index in [1.807, 2.05) is 19.2 Å². The Bertz CT molecular complexity index is 321. The first-order valence-corrected chi connectivity index (χ1v) is 5.84. The number of thiazole rings is 1. The van der Waals surface area contributed by atoms with Crippen molar-refractivity contribution in [2.75, 3.05) is 0 Å². The van der Waals surface area contributed by atoms with Gasteiger partial charge in [0.1, 0.15) is 5.01 Å². The summed E-state index contributed by atoms with van der Waals surface area (Å²) in [7, 11) is 0. The van der Waals surface area contributed by atoms with Crippen LogP contribution in [-0.4, -0.2) is 16.4 Å². The van der Waals surface area contributed by atoms with E-state index in [4.69, 9.17) is 5.73 Å². The zero-order chi connectivity index (χ0) is 11.5. The summed E-state index contributed by atoms with van der Waals surface area (Å²) in [4.78, 5) is 15.9. The lowest BCUT2D eigenvalue weighted by Gasteiger charge is -2.23. The third kappa shape index (κ3) is 3.00. The second kappa shape index (κ2) is 4.72. The smallest absolute Gasteiger partial charge is 0.240 e. The summed E-state index contributed by atoms with van der Waals surface area (Å²) >= 11 is 1.52. The second-order valence-corrected chi connectivity index (χ2v) is 4.76. The highest BCUT2D eigenvalue weighted by Crippen LogP contribution is 2.16. The maximum atomic E-state index is 11.7. The molecule has 0 saturated carbocycles.